The van der Waals surface area contributed by atoms with Crippen LogP contribution >= 0.6 is 0 Å². The zero-order valence-corrected chi connectivity index (χ0v) is 13.0. The zero-order valence-electron chi connectivity index (χ0n) is 13.0. The number of ether oxygens (including phenoxy) is 1. The number of rotatable bonds is 4. The van der Waals surface area contributed by atoms with Gasteiger partial charge in [0.25, 0.3) is 0 Å². The highest BCUT2D eigenvalue weighted by Gasteiger charge is 2.46. The van der Waals surface area contributed by atoms with Crippen LogP contribution in [0, 0.1) is 5.41 Å². The summed E-state index contributed by atoms with van der Waals surface area (Å²) in [6.45, 7) is 4.28. The molecule has 21 heavy (non-hydrogen) atoms. The number of urea groups is 1. The van der Waals surface area contributed by atoms with Gasteiger partial charge < -0.3 is 19.6 Å². The molecule has 1 atom stereocenters. The molecule has 6 nitrogen and oxygen atoms in total. The number of piperidine rings is 1. The van der Waals surface area contributed by atoms with Crippen molar-refractivity contribution in [2.24, 2.45) is 5.41 Å². The van der Waals surface area contributed by atoms with Crippen molar-refractivity contribution < 1.29 is 19.4 Å². The molecule has 2 amide bonds. The van der Waals surface area contributed by atoms with Crippen LogP contribution in [0.4, 0.5) is 4.79 Å². The molecular formula is C15H26N2O4. The molecule has 0 aliphatic carbocycles. The van der Waals surface area contributed by atoms with Crippen LogP contribution in [0.15, 0.2) is 0 Å². The average molecular weight is 298 g/mol. The lowest BCUT2D eigenvalue weighted by Gasteiger charge is -2.34. The minimum Gasteiger partial charge on any atom is -0.481 e. The zero-order chi connectivity index (χ0) is 15.5. The number of hydrogen-bond donors (Lipinski definition) is 1. The number of carboxylic acid groups (broad SMARTS) is 1. The highest BCUT2D eigenvalue weighted by Crippen LogP contribution is 2.36. The maximum atomic E-state index is 12.5. The molecule has 2 aliphatic heterocycles. The normalized spacial score (nSPS) is 27.1. The number of carbonyl (C=O) groups excluding carboxylic acids is 1. The second kappa shape index (κ2) is 6.64. The Bertz CT molecular complexity index is 393. The van der Waals surface area contributed by atoms with Crippen molar-refractivity contribution in [1.29, 1.82) is 0 Å². The van der Waals surface area contributed by atoms with Crippen molar-refractivity contribution in [2.75, 3.05) is 33.3 Å². The van der Waals surface area contributed by atoms with Gasteiger partial charge in [-0.15, -0.1) is 0 Å². The van der Waals surface area contributed by atoms with Gasteiger partial charge in [-0.25, -0.2) is 4.79 Å². The van der Waals surface area contributed by atoms with Crippen molar-refractivity contribution in [3.8, 4) is 0 Å². The van der Waals surface area contributed by atoms with Gasteiger partial charge in [-0.2, -0.15) is 0 Å². The van der Waals surface area contributed by atoms with Crippen LogP contribution in [0.2, 0.25) is 0 Å². The number of nitrogens with zero attached hydrogens (tertiary/aromatic N) is 2. The summed E-state index contributed by atoms with van der Waals surface area (Å²) in [5.74, 6) is -0.766. The Morgan fingerprint density at radius 2 is 1.90 bits per heavy atom. The Morgan fingerprint density at radius 3 is 2.43 bits per heavy atom. The smallest absolute Gasteiger partial charge is 0.320 e. The van der Waals surface area contributed by atoms with E-state index in [1.54, 1.807) is 12.0 Å². The molecule has 1 N–H and O–H groups in total. The molecule has 6 heteroatoms. The first-order chi connectivity index (χ1) is 10.0. The first-order valence-corrected chi connectivity index (χ1v) is 7.82. The first kappa shape index (κ1) is 16.1. The van der Waals surface area contributed by atoms with E-state index >= 15 is 0 Å². The highest BCUT2D eigenvalue weighted by atomic mass is 16.5. The molecule has 0 aromatic rings. The molecular weight excluding hydrogens is 272 g/mol. The lowest BCUT2D eigenvalue weighted by Crippen LogP contribution is -2.48. The van der Waals surface area contributed by atoms with Gasteiger partial charge in [-0.3, -0.25) is 4.79 Å². The van der Waals surface area contributed by atoms with Crippen molar-refractivity contribution >= 4 is 12.0 Å². The number of aliphatic carboxylic acids is 1. The number of carboxylic acids is 1. The third-order valence-electron chi connectivity index (χ3n) is 4.85. The molecule has 0 bridgehead atoms. The van der Waals surface area contributed by atoms with E-state index in [4.69, 9.17) is 4.74 Å². The SMILES string of the molecule is CCCC1(C(=O)O)CCN(C(=O)N2CCC(OC)CC2)C1. The van der Waals surface area contributed by atoms with E-state index in [0.29, 0.717) is 39.0 Å². The van der Waals surface area contributed by atoms with E-state index in [2.05, 4.69) is 0 Å². The summed E-state index contributed by atoms with van der Waals surface area (Å²) in [6.07, 6.45) is 3.98. The summed E-state index contributed by atoms with van der Waals surface area (Å²) in [5.41, 5.74) is -0.741. The Kier molecular flexibility index (Phi) is 5.08. The topological polar surface area (TPSA) is 70.1 Å². The Morgan fingerprint density at radius 1 is 1.24 bits per heavy atom. The molecule has 0 saturated carbocycles. The largest absolute Gasteiger partial charge is 0.481 e. The monoisotopic (exact) mass is 298 g/mol. The molecule has 120 valence electrons. The summed E-state index contributed by atoms with van der Waals surface area (Å²) in [7, 11) is 1.70. The standard InChI is InChI=1S/C15H26N2O4/c1-3-6-15(13(18)19)7-10-17(11-15)14(20)16-8-4-12(21-2)5-9-16/h12H,3-11H2,1-2H3,(H,18,19). The van der Waals surface area contributed by atoms with Crippen LogP contribution < -0.4 is 0 Å². The maximum Gasteiger partial charge on any atom is 0.320 e. The second-order valence-electron chi connectivity index (χ2n) is 6.21. The van der Waals surface area contributed by atoms with Gasteiger partial charge in [0, 0.05) is 33.3 Å². The van der Waals surface area contributed by atoms with E-state index in [0.717, 1.165) is 19.3 Å². The van der Waals surface area contributed by atoms with Gasteiger partial charge in [-0.05, 0) is 25.7 Å². The Balaban J connectivity index is 1.94. The van der Waals surface area contributed by atoms with Crippen LogP contribution in [0.5, 0.6) is 0 Å². The van der Waals surface area contributed by atoms with E-state index in [1.807, 2.05) is 11.8 Å². The summed E-state index contributed by atoms with van der Waals surface area (Å²) in [4.78, 5) is 27.7. The van der Waals surface area contributed by atoms with Crippen molar-refractivity contribution in [1.82, 2.24) is 9.80 Å². The predicted octanol–water partition coefficient (Wildman–Crippen LogP) is 1.79. The summed E-state index contributed by atoms with van der Waals surface area (Å²) < 4.78 is 5.31. The van der Waals surface area contributed by atoms with Crippen LogP contribution in [0.3, 0.4) is 0 Å². The van der Waals surface area contributed by atoms with Crippen LogP contribution in [0.1, 0.15) is 39.0 Å². The molecule has 2 aliphatic rings. The molecule has 1 unspecified atom stereocenters. The third-order valence-corrected chi connectivity index (χ3v) is 4.85. The van der Waals surface area contributed by atoms with Gasteiger partial charge in [0.2, 0.25) is 0 Å². The second-order valence-corrected chi connectivity index (χ2v) is 6.21. The fourth-order valence-electron chi connectivity index (χ4n) is 3.48. The minimum absolute atomic E-state index is 0.0104. The Labute approximate surface area is 126 Å². The van der Waals surface area contributed by atoms with E-state index in [1.165, 1.54) is 0 Å². The number of hydrogen-bond acceptors (Lipinski definition) is 3. The first-order valence-electron chi connectivity index (χ1n) is 7.82. The van der Waals surface area contributed by atoms with Crippen molar-refractivity contribution in [3.05, 3.63) is 0 Å². The third kappa shape index (κ3) is 3.31. The maximum absolute atomic E-state index is 12.5. The molecule has 0 aromatic carbocycles. The molecule has 2 fully saturated rings. The number of likely N-dealkylation sites (tertiary alicyclic amines) is 2. The van der Waals surface area contributed by atoms with Crippen molar-refractivity contribution in [2.45, 2.75) is 45.1 Å². The summed E-state index contributed by atoms with van der Waals surface area (Å²) in [6, 6.07) is -0.0104. The molecule has 0 aromatic heterocycles. The van der Waals surface area contributed by atoms with Crippen molar-refractivity contribution in [3.63, 3.8) is 0 Å². The van der Waals surface area contributed by atoms with Gasteiger partial charge in [0.1, 0.15) is 0 Å². The van der Waals surface area contributed by atoms with E-state index in [-0.39, 0.29) is 12.1 Å². The van der Waals surface area contributed by atoms with Crippen LogP contribution in [0.25, 0.3) is 0 Å². The number of amides is 2. The van der Waals surface area contributed by atoms with Gasteiger partial charge in [0.05, 0.1) is 11.5 Å². The van der Waals surface area contributed by atoms with Crippen LogP contribution in [-0.2, 0) is 9.53 Å². The van der Waals surface area contributed by atoms with Gasteiger partial charge >= 0.3 is 12.0 Å². The fraction of sp³-hybridized carbons (Fsp3) is 0.867. The van der Waals surface area contributed by atoms with Gasteiger partial charge in [0.15, 0.2) is 0 Å². The van der Waals surface area contributed by atoms with Gasteiger partial charge in [-0.1, -0.05) is 13.3 Å². The number of methoxy groups -OCH3 is 1. The quantitative estimate of drug-likeness (QED) is 0.859. The lowest BCUT2D eigenvalue weighted by molar-refractivity contribution is -0.148. The molecule has 0 spiro atoms. The lowest BCUT2D eigenvalue weighted by atomic mass is 9.83. The Hall–Kier alpha value is -1.30. The predicted molar refractivity (Wildman–Crippen MR) is 78.2 cm³/mol. The fourth-order valence-corrected chi connectivity index (χ4v) is 3.48. The average Bonchev–Trinajstić information content (AvgIpc) is 2.93. The summed E-state index contributed by atoms with van der Waals surface area (Å²) in [5, 5.41) is 9.50. The van der Waals surface area contributed by atoms with E-state index < -0.39 is 11.4 Å². The van der Waals surface area contributed by atoms with E-state index in [9.17, 15) is 14.7 Å². The molecule has 2 heterocycles. The number of carbonyl (C=O) groups is 2. The van der Waals surface area contributed by atoms with Crippen LogP contribution in [-0.4, -0.2) is 66.3 Å². The molecule has 2 saturated heterocycles. The molecule has 0 radical (unpaired) electrons. The minimum atomic E-state index is -0.766. The molecule has 2 rings (SSSR count). The summed E-state index contributed by atoms with van der Waals surface area (Å²) >= 11 is 0. The highest BCUT2D eigenvalue weighted by molar-refractivity contribution is 5.80.